The van der Waals surface area contributed by atoms with Gasteiger partial charge in [-0.2, -0.15) is 4.31 Å². The number of ether oxygens (including phenoxy) is 4. The smallest absolute Gasteiger partial charge is 0.247 e. The normalized spacial score (nSPS) is 14.6. The molecule has 4 rings (SSSR count). The van der Waals surface area contributed by atoms with Gasteiger partial charge in [0, 0.05) is 50.1 Å². The molecular formula is C24H29N3O6S2. The van der Waals surface area contributed by atoms with Crippen LogP contribution in [-0.4, -0.2) is 72.3 Å². The Morgan fingerprint density at radius 3 is 2.11 bits per heavy atom. The molecule has 0 spiro atoms. The third-order valence-corrected chi connectivity index (χ3v) is 8.70. The number of nitrogens with zero attached hydrogens (tertiary/aromatic N) is 3. The van der Waals surface area contributed by atoms with Crippen molar-refractivity contribution in [1.29, 1.82) is 0 Å². The molecule has 3 aromatic rings. The van der Waals surface area contributed by atoms with Gasteiger partial charge in [-0.15, -0.1) is 11.3 Å². The van der Waals surface area contributed by atoms with Crippen LogP contribution >= 0.6 is 11.3 Å². The van der Waals surface area contributed by atoms with Crippen molar-refractivity contribution < 1.29 is 27.4 Å². The summed E-state index contributed by atoms with van der Waals surface area (Å²) >= 11 is 1.56. The maximum Gasteiger partial charge on any atom is 0.247 e. The van der Waals surface area contributed by atoms with Crippen LogP contribution in [0.25, 0.3) is 0 Å². The van der Waals surface area contributed by atoms with Crippen LogP contribution in [0.1, 0.15) is 11.3 Å². The Hall–Kier alpha value is -3.02. The van der Waals surface area contributed by atoms with E-state index in [1.165, 1.54) is 24.6 Å². The topological polar surface area (TPSA) is 90.4 Å². The van der Waals surface area contributed by atoms with Gasteiger partial charge in [0.1, 0.15) is 27.9 Å². The Morgan fingerprint density at radius 2 is 1.51 bits per heavy atom. The average molecular weight is 520 g/mol. The van der Waals surface area contributed by atoms with E-state index in [4.69, 9.17) is 23.9 Å². The van der Waals surface area contributed by atoms with Gasteiger partial charge in [0.2, 0.25) is 10.0 Å². The number of sulfonamides is 1. The molecule has 11 heteroatoms. The molecule has 0 N–H and O–H groups in total. The van der Waals surface area contributed by atoms with E-state index < -0.39 is 10.0 Å². The fraction of sp³-hybridized carbons (Fsp3) is 0.375. The second kappa shape index (κ2) is 10.7. The van der Waals surface area contributed by atoms with Gasteiger partial charge < -0.3 is 23.8 Å². The Balaban J connectivity index is 1.44. The van der Waals surface area contributed by atoms with Gasteiger partial charge in [-0.1, -0.05) is 0 Å². The summed E-state index contributed by atoms with van der Waals surface area (Å²) in [7, 11) is 2.49. The lowest BCUT2D eigenvalue weighted by molar-refractivity contribution is 0.370. The molecule has 1 aliphatic rings. The summed E-state index contributed by atoms with van der Waals surface area (Å²) in [6, 6.07) is 10.6. The summed E-state index contributed by atoms with van der Waals surface area (Å²) in [6.07, 6.45) is 0.647. The minimum atomic E-state index is -3.73. The van der Waals surface area contributed by atoms with Crippen LogP contribution in [0.15, 0.2) is 46.7 Å². The van der Waals surface area contributed by atoms with Crippen molar-refractivity contribution in [3.8, 4) is 23.0 Å². The maximum absolute atomic E-state index is 13.3. The number of rotatable bonds is 9. The molecule has 0 radical (unpaired) electrons. The number of anilines is 1. The lowest BCUT2D eigenvalue weighted by Crippen LogP contribution is -2.48. The predicted molar refractivity (Wildman–Crippen MR) is 135 cm³/mol. The highest BCUT2D eigenvalue weighted by molar-refractivity contribution is 7.89. The zero-order chi connectivity index (χ0) is 25.0. The van der Waals surface area contributed by atoms with Crippen molar-refractivity contribution in [2.45, 2.75) is 11.3 Å². The van der Waals surface area contributed by atoms with Crippen molar-refractivity contribution >= 4 is 26.5 Å². The standard InChI is InChI=1S/C24H29N3O6S2/c1-30-19-5-6-22(33-4)23(15-19)35(28,29)27-9-7-26(8-10-27)24-25-18(16-34-24)11-17-12-20(31-2)14-21(13-17)32-3/h5-6,12-16H,7-11H2,1-4H3. The molecule has 35 heavy (non-hydrogen) atoms. The minimum absolute atomic E-state index is 0.109. The van der Waals surface area contributed by atoms with E-state index in [2.05, 4.69) is 4.90 Å². The number of methoxy groups -OCH3 is 4. The Kier molecular flexibility index (Phi) is 7.68. The fourth-order valence-electron chi connectivity index (χ4n) is 3.94. The second-order valence-electron chi connectivity index (χ2n) is 7.93. The van der Waals surface area contributed by atoms with Crippen molar-refractivity contribution in [1.82, 2.24) is 9.29 Å². The molecule has 0 aliphatic carbocycles. The minimum Gasteiger partial charge on any atom is -0.497 e. The largest absolute Gasteiger partial charge is 0.497 e. The van der Waals surface area contributed by atoms with E-state index in [1.54, 1.807) is 37.7 Å². The third-order valence-electron chi connectivity index (χ3n) is 5.83. The van der Waals surface area contributed by atoms with Crippen LogP contribution in [0.5, 0.6) is 23.0 Å². The molecule has 2 heterocycles. The van der Waals surface area contributed by atoms with Gasteiger partial charge in [0.05, 0.1) is 34.1 Å². The van der Waals surface area contributed by atoms with E-state index in [9.17, 15) is 8.42 Å². The molecule has 1 saturated heterocycles. The molecule has 0 saturated carbocycles. The van der Waals surface area contributed by atoms with Gasteiger partial charge in [-0.25, -0.2) is 13.4 Å². The van der Waals surface area contributed by atoms with Gasteiger partial charge in [0.25, 0.3) is 0 Å². The van der Waals surface area contributed by atoms with Crippen LogP contribution in [0.3, 0.4) is 0 Å². The number of hydrogen-bond acceptors (Lipinski definition) is 9. The number of aromatic nitrogens is 1. The summed E-state index contributed by atoms with van der Waals surface area (Å²) in [6.45, 7) is 1.80. The van der Waals surface area contributed by atoms with Crippen LogP contribution < -0.4 is 23.8 Å². The lowest BCUT2D eigenvalue weighted by atomic mass is 10.1. The first kappa shape index (κ1) is 25.1. The molecule has 1 aromatic heterocycles. The van der Waals surface area contributed by atoms with E-state index >= 15 is 0 Å². The molecule has 1 fully saturated rings. The first-order valence-corrected chi connectivity index (χ1v) is 13.3. The van der Waals surface area contributed by atoms with Crippen LogP contribution in [0.2, 0.25) is 0 Å². The van der Waals surface area contributed by atoms with Crippen molar-refractivity contribution in [2.75, 3.05) is 59.5 Å². The fourth-order valence-corrected chi connectivity index (χ4v) is 6.42. The molecule has 188 valence electrons. The van der Waals surface area contributed by atoms with Gasteiger partial charge >= 0.3 is 0 Å². The molecule has 1 aliphatic heterocycles. The molecule has 0 amide bonds. The Labute approximate surface area is 209 Å². The van der Waals surface area contributed by atoms with Crippen LogP contribution in [0.4, 0.5) is 5.13 Å². The van der Waals surface area contributed by atoms with E-state index in [0.29, 0.717) is 44.1 Å². The number of benzene rings is 2. The van der Waals surface area contributed by atoms with E-state index in [0.717, 1.165) is 27.9 Å². The second-order valence-corrected chi connectivity index (χ2v) is 10.7. The lowest BCUT2D eigenvalue weighted by Gasteiger charge is -2.34. The Bertz CT molecular complexity index is 1250. The zero-order valence-electron chi connectivity index (χ0n) is 20.2. The van der Waals surface area contributed by atoms with E-state index in [-0.39, 0.29) is 4.90 Å². The van der Waals surface area contributed by atoms with Crippen molar-refractivity contribution in [2.24, 2.45) is 0 Å². The number of thiazole rings is 1. The van der Waals surface area contributed by atoms with Crippen molar-refractivity contribution in [3.63, 3.8) is 0 Å². The van der Waals surface area contributed by atoms with Gasteiger partial charge in [0.15, 0.2) is 5.13 Å². The molecule has 0 bridgehead atoms. The highest BCUT2D eigenvalue weighted by Gasteiger charge is 2.32. The zero-order valence-corrected chi connectivity index (χ0v) is 21.8. The summed E-state index contributed by atoms with van der Waals surface area (Å²) in [4.78, 5) is 7.02. The maximum atomic E-state index is 13.3. The molecule has 9 nitrogen and oxygen atoms in total. The van der Waals surface area contributed by atoms with Gasteiger partial charge in [-0.05, 0) is 29.8 Å². The third kappa shape index (κ3) is 5.47. The molecule has 2 aromatic carbocycles. The summed E-state index contributed by atoms with van der Waals surface area (Å²) in [5.41, 5.74) is 1.98. The summed E-state index contributed by atoms with van der Waals surface area (Å²) in [5, 5.41) is 2.91. The number of hydrogen-bond donors (Lipinski definition) is 0. The summed E-state index contributed by atoms with van der Waals surface area (Å²) < 4.78 is 49.4. The first-order chi connectivity index (χ1) is 16.9. The van der Waals surface area contributed by atoms with Gasteiger partial charge in [-0.3, -0.25) is 0 Å². The monoisotopic (exact) mass is 519 g/mol. The molecule has 0 atom stereocenters. The van der Waals surface area contributed by atoms with Crippen molar-refractivity contribution in [3.05, 3.63) is 53.0 Å². The average Bonchev–Trinajstić information content (AvgIpc) is 3.36. The summed E-state index contributed by atoms with van der Waals surface area (Å²) in [5.74, 6) is 2.23. The van der Waals surface area contributed by atoms with Crippen LogP contribution in [-0.2, 0) is 16.4 Å². The highest BCUT2D eigenvalue weighted by atomic mass is 32.2. The number of piperazine rings is 1. The first-order valence-electron chi connectivity index (χ1n) is 11.0. The molecular weight excluding hydrogens is 490 g/mol. The Morgan fingerprint density at radius 1 is 0.857 bits per heavy atom. The predicted octanol–water partition coefficient (Wildman–Crippen LogP) is 3.28. The van der Waals surface area contributed by atoms with E-state index in [1.807, 2.05) is 23.6 Å². The highest BCUT2D eigenvalue weighted by Crippen LogP contribution is 2.32. The van der Waals surface area contributed by atoms with Crippen LogP contribution in [0, 0.1) is 0 Å². The molecule has 0 unspecified atom stereocenters. The SMILES string of the molecule is COc1cc(Cc2csc(N3CCN(S(=O)(=O)c4cc(OC)ccc4OC)CC3)n2)cc(OC)c1. The quantitative estimate of drug-likeness (QED) is 0.426.